The van der Waals surface area contributed by atoms with Crippen LogP contribution in [0.5, 0.6) is 0 Å². The molecule has 0 aliphatic heterocycles. The molecule has 0 aromatic heterocycles. The molecule has 0 aliphatic carbocycles. The van der Waals surface area contributed by atoms with Crippen molar-refractivity contribution in [1.82, 2.24) is 0 Å². The van der Waals surface area contributed by atoms with Crippen LogP contribution >= 0.6 is 12.6 Å². The molecule has 0 amide bonds. The van der Waals surface area contributed by atoms with Gasteiger partial charge in [-0.25, -0.2) is 0 Å². The molecular formula is C6H11NOS. The van der Waals surface area contributed by atoms with E-state index in [1.54, 1.807) is 6.92 Å². The second-order valence-corrected chi connectivity index (χ2v) is 3.20. The number of nitrogens with zero attached hydrogens (tertiary/aromatic N) is 1. The Morgan fingerprint density at radius 3 is 2.67 bits per heavy atom. The molecule has 0 heterocycles. The third kappa shape index (κ3) is 4.31. The van der Waals surface area contributed by atoms with Crippen molar-refractivity contribution < 1.29 is 5.11 Å². The number of nitriles is 1. The molecule has 0 aromatic rings. The average molecular weight is 145 g/mol. The fourth-order valence-corrected chi connectivity index (χ4v) is 0.637. The lowest BCUT2D eigenvalue weighted by atomic mass is 10.1. The van der Waals surface area contributed by atoms with E-state index in [-0.39, 0.29) is 6.61 Å². The van der Waals surface area contributed by atoms with Gasteiger partial charge in [0.2, 0.25) is 0 Å². The standard InChI is InChI=1S/C6H11NOS/c1-6(9,5-7)3-2-4-8/h8-9H,2-4H2,1H3. The van der Waals surface area contributed by atoms with Crippen LogP contribution < -0.4 is 0 Å². The Kier molecular flexibility index (Phi) is 3.67. The molecule has 0 saturated carbocycles. The minimum absolute atomic E-state index is 0.137. The van der Waals surface area contributed by atoms with E-state index in [0.717, 1.165) is 0 Å². The minimum atomic E-state index is -0.567. The lowest BCUT2D eigenvalue weighted by Gasteiger charge is -2.11. The largest absolute Gasteiger partial charge is 0.396 e. The summed E-state index contributed by atoms with van der Waals surface area (Å²) in [6.07, 6.45) is 1.29. The van der Waals surface area contributed by atoms with Crippen LogP contribution in [0.1, 0.15) is 19.8 Å². The van der Waals surface area contributed by atoms with Gasteiger partial charge in [0.05, 0.1) is 10.8 Å². The fraction of sp³-hybridized carbons (Fsp3) is 0.833. The molecule has 0 aliphatic rings. The third-order valence-electron chi connectivity index (χ3n) is 1.06. The normalized spacial score (nSPS) is 16.2. The Bertz CT molecular complexity index is 117. The number of rotatable bonds is 3. The van der Waals surface area contributed by atoms with Crippen LogP contribution in [0.4, 0.5) is 0 Å². The molecule has 0 aromatic carbocycles. The predicted octanol–water partition coefficient (Wildman–Crippen LogP) is 0.971. The van der Waals surface area contributed by atoms with Gasteiger partial charge in [-0.15, -0.1) is 0 Å². The quantitative estimate of drug-likeness (QED) is 0.581. The van der Waals surface area contributed by atoms with Gasteiger partial charge in [-0.05, 0) is 19.8 Å². The van der Waals surface area contributed by atoms with Crippen molar-refractivity contribution in [2.75, 3.05) is 6.61 Å². The van der Waals surface area contributed by atoms with Gasteiger partial charge in [0.15, 0.2) is 0 Å². The maximum absolute atomic E-state index is 8.41. The molecule has 2 nitrogen and oxygen atoms in total. The number of aliphatic hydroxyl groups is 1. The number of thiol groups is 1. The first-order valence-corrected chi connectivity index (χ1v) is 3.31. The summed E-state index contributed by atoms with van der Waals surface area (Å²) in [4.78, 5) is 0. The van der Waals surface area contributed by atoms with Gasteiger partial charge in [0, 0.05) is 6.61 Å². The highest BCUT2D eigenvalue weighted by atomic mass is 32.1. The van der Waals surface area contributed by atoms with E-state index >= 15 is 0 Å². The summed E-state index contributed by atoms with van der Waals surface area (Å²) in [7, 11) is 0. The molecule has 0 spiro atoms. The van der Waals surface area contributed by atoms with Crippen LogP contribution in [-0.2, 0) is 0 Å². The first-order valence-electron chi connectivity index (χ1n) is 2.87. The summed E-state index contributed by atoms with van der Waals surface area (Å²) in [6.45, 7) is 1.88. The summed E-state index contributed by atoms with van der Waals surface area (Å²) in [5.41, 5.74) is 0. The van der Waals surface area contributed by atoms with E-state index in [1.807, 2.05) is 6.07 Å². The molecule has 1 unspecified atom stereocenters. The molecule has 1 atom stereocenters. The number of hydrogen-bond donors (Lipinski definition) is 2. The molecule has 3 heteroatoms. The Hall–Kier alpha value is -0.200. The maximum Gasteiger partial charge on any atom is 0.0968 e. The van der Waals surface area contributed by atoms with Crippen molar-refractivity contribution in [2.24, 2.45) is 0 Å². The van der Waals surface area contributed by atoms with Gasteiger partial charge in [-0.3, -0.25) is 0 Å². The van der Waals surface area contributed by atoms with E-state index in [1.165, 1.54) is 0 Å². The molecule has 9 heavy (non-hydrogen) atoms. The summed E-state index contributed by atoms with van der Waals surface area (Å²) in [5, 5.41) is 16.8. The Morgan fingerprint density at radius 1 is 1.78 bits per heavy atom. The predicted molar refractivity (Wildman–Crippen MR) is 39.3 cm³/mol. The lowest BCUT2D eigenvalue weighted by molar-refractivity contribution is 0.282. The van der Waals surface area contributed by atoms with Crippen LogP contribution in [0, 0.1) is 11.3 Å². The molecule has 0 rings (SSSR count). The van der Waals surface area contributed by atoms with Gasteiger partial charge in [-0.1, -0.05) is 0 Å². The topological polar surface area (TPSA) is 44.0 Å². The summed E-state index contributed by atoms with van der Waals surface area (Å²) in [5.74, 6) is 0. The SMILES string of the molecule is CC(S)(C#N)CCCO. The highest BCUT2D eigenvalue weighted by Gasteiger charge is 2.15. The maximum atomic E-state index is 8.41. The molecule has 0 saturated heterocycles. The minimum Gasteiger partial charge on any atom is -0.396 e. The first kappa shape index (κ1) is 8.80. The molecule has 0 fully saturated rings. The smallest absolute Gasteiger partial charge is 0.0968 e. The van der Waals surface area contributed by atoms with Gasteiger partial charge < -0.3 is 5.11 Å². The van der Waals surface area contributed by atoms with Crippen molar-refractivity contribution in [3.8, 4) is 6.07 Å². The molecule has 1 N–H and O–H groups in total. The van der Waals surface area contributed by atoms with Crippen molar-refractivity contribution in [1.29, 1.82) is 5.26 Å². The Morgan fingerprint density at radius 2 is 2.33 bits per heavy atom. The summed E-state index contributed by atoms with van der Waals surface area (Å²) < 4.78 is -0.567. The second kappa shape index (κ2) is 3.76. The van der Waals surface area contributed by atoms with Crippen molar-refractivity contribution in [3.63, 3.8) is 0 Å². The Balaban J connectivity index is 3.49. The van der Waals surface area contributed by atoms with Crippen LogP contribution in [0.15, 0.2) is 0 Å². The van der Waals surface area contributed by atoms with E-state index < -0.39 is 4.75 Å². The van der Waals surface area contributed by atoms with Crippen LogP contribution in [0.3, 0.4) is 0 Å². The highest BCUT2D eigenvalue weighted by Crippen LogP contribution is 2.18. The van der Waals surface area contributed by atoms with Crippen molar-refractivity contribution in [2.45, 2.75) is 24.5 Å². The second-order valence-electron chi connectivity index (χ2n) is 2.21. The molecule has 0 radical (unpaired) electrons. The van der Waals surface area contributed by atoms with Gasteiger partial charge in [0.1, 0.15) is 0 Å². The van der Waals surface area contributed by atoms with Crippen LogP contribution in [0.25, 0.3) is 0 Å². The zero-order valence-electron chi connectivity index (χ0n) is 5.46. The molecular weight excluding hydrogens is 134 g/mol. The van der Waals surface area contributed by atoms with Crippen molar-refractivity contribution in [3.05, 3.63) is 0 Å². The third-order valence-corrected chi connectivity index (χ3v) is 1.39. The summed E-state index contributed by atoms with van der Waals surface area (Å²) >= 11 is 4.05. The fourth-order valence-electron chi connectivity index (χ4n) is 0.479. The average Bonchev–Trinajstić information content (AvgIpc) is 1.84. The monoisotopic (exact) mass is 145 g/mol. The summed E-state index contributed by atoms with van der Waals surface area (Å²) in [6, 6.07) is 2.03. The first-order chi connectivity index (χ1) is 4.12. The molecule has 0 bridgehead atoms. The number of hydrogen-bond acceptors (Lipinski definition) is 3. The van der Waals surface area contributed by atoms with Gasteiger partial charge >= 0.3 is 0 Å². The highest BCUT2D eigenvalue weighted by molar-refractivity contribution is 7.82. The van der Waals surface area contributed by atoms with E-state index in [4.69, 9.17) is 10.4 Å². The van der Waals surface area contributed by atoms with Crippen molar-refractivity contribution >= 4 is 12.6 Å². The van der Waals surface area contributed by atoms with Crippen LogP contribution in [-0.4, -0.2) is 16.5 Å². The lowest BCUT2D eigenvalue weighted by Crippen LogP contribution is -2.13. The van der Waals surface area contributed by atoms with Gasteiger partial charge in [0.25, 0.3) is 0 Å². The van der Waals surface area contributed by atoms with E-state index in [0.29, 0.717) is 12.8 Å². The molecule has 52 valence electrons. The van der Waals surface area contributed by atoms with E-state index in [9.17, 15) is 0 Å². The van der Waals surface area contributed by atoms with E-state index in [2.05, 4.69) is 12.6 Å². The Labute approximate surface area is 60.9 Å². The number of aliphatic hydroxyl groups excluding tert-OH is 1. The zero-order valence-corrected chi connectivity index (χ0v) is 6.36. The van der Waals surface area contributed by atoms with Gasteiger partial charge in [-0.2, -0.15) is 17.9 Å². The van der Waals surface area contributed by atoms with Crippen LogP contribution in [0.2, 0.25) is 0 Å². The zero-order chi connectivity index (χ0) is 7.33.